The van der Waals surface area contributed by atoms with Crippen molar-refractivity contribution in [2.24, 2.45) is 11.8 Å². The Bertz CT molecular complexity index is 674. The molecule has 156 valence electrons. The average molecular weight is 393 g/mol. The highest BCUT2D eigenvalue weighted by molar-refractivity contribution is 5.72. The lowest BCUT2D eigenvalue weighted by molar-refractivity contribution is -0.384. The molecule has 9 heteroatoms. The van der Waals surface area contributed by atoms with Gasteiger partial charge < -0.3 is 19.9 Å². The molecule has 1 heterocycles. The first-order valence-electron chi connectivity index (χ1n) is 9.64. The van der Waals surface area contributed by atoms with Crippen molar-refractivity contribution >= 4 is 23.3 Å². The summed E-state index contributed by atoms with van der Waals surface area (Å²) >= 11 is 0. The summed E-state index contributed by atoms with van der Waals surface area (Å²) in [5.41, 5.74) is -0.0204. The molecule has 1 aromatic rings. The maximum atomic E-state index is 11.6. The predicted molar refractivity (Wildman–Crippen MR) is 109 cm³/mol. The molecule has 0 aliphatic heterocycles. The van der Waals surface area contributed by atoms with Crippen LogP contribution in [0.25, 0.3) is 0 Å². The number of nitrogens with zero attached hydrogens (tertiary/aromatic N) is 4. The standard InChI is InChI=1S/C19H31N5O4/c1-22(2)11-12-23(3)17-10-9-16(24(26)27)18(21-17)20-13-14-5-7-15(8-6-14)19(25)28-4/h9-10,14-15H,5-8,11-13H2,1-4H3,(H,20,21)/t14-,15-. The zero-order valence-electron chi connectivity index (χ0n) is 17.2. The summed E-state index contributed by atoms with van der Waals surface area (Å²) in [5, 5.41) is 14.6. The highest BCUT2D eigenvalue weighted by Crippen LogP contribution is 2.31. The lowest BCUT2D eigenvalue weighted by Gasteiger charge is -2.27. The van der Waals surface area contributed by atoms with Gasteiger partial charge in [0.15, 0.2) is 0 Å². The van der Waals surface area contributed by atoms with E-state index in [4.69, 9.17) is 4.74 Å². The number of carbonyl (C=O) groups excluding carboxylic acids is 1. The number of anilines is 2. The van der Waals surface area contributed by atoms with Crippen molar-refractivity contribution in [3.63, 3.8) is 0 Å². The molecule has 2 rings (SSSR count). The summed E-state index contributed by atoms with van der Waals surface area (Å²) in [4.78, 5) is 31.2. The van der Waals surface area contributed by atoms with Crippen molar-refractivity contribution in [2.75, 3.05) is 58.1 Å². The summed E-state index contributed by atoms with van der Waals surface area (Å²) < 4.78 is 4.82. The second-order valence-electron chi connectivity index (χ2n) is 7.64. The van der Waals surface area contributed by atoms with E-state index in [1.165, 1.54) is 13.2 Å². The molecule has 1 aliphatic rings. The van der Waals surface area contributed by atoms with Crippen LogP contribution in [0.1, 0.15) is 25.7 Å². The minimum Gasteiger partial charge on any atom is -0.469 e. The minimum absolute atomic E-state index is 0.0204. The summed E-state index contributed by atoms with van der Waals surface area (Å²) in [6.45, 7) is 2.24. The van der Waals surface area contributed by atoms with Gasteiger partial charge in [0.05, 0.1) is 18.0 Å². The fraction of sp³-hybridized carbons (Fsp3) is 0.684. The molecular formula is C19H31N5O4. The van der Waals surface area contributed by atoms with E-state index >= 15 is 0 Å². The summed E-state index contributed by atoms with van der Waals surface area (Å²) in [5.74, 6) is 1.19. The van der Waals surface area contributed by atoms with Crippen molar-refractivity contribution in [2.45, 2.75) is 25.7 Å². The zero-order chi connectivity index (χ0) is 20.7. The second kappa shape index (κ2) is 10.2. The smallest absolute Gasteiger partial charge is 0.311 e. The summed E-state index contributed by atoms with van der Waals surface area (Å²) in [7, 11) is 7.34. The quantitative estimate of drug-likeness (QED) is 0.388. The molecule has 1 saturated carbocycles. The van der Waals surface area contributed by atoms with Crippen LogP contribution in [-0.2, 0) is 9.53 Å². The number of nitrogens with one attached hydrogen (secondary N) is 1. The van der Waals surface area contributed by atoms with Gasteiger partial charge in [0.2, 0.25) is 5.82 Å². The molecule has 0 saturated heterocycles. The number of pyridine rings is 1. The van der Waals surface area contributed by atoms with Gasteiger partial charge in [-0.3, -0.25) is 14.9 Å². The third-order valence-corrected chi connectivity index (χ3v) is 5.27. The largest absolute Gasteiger partial charge is 0.469 e. The Hall–Kier alpha value is -2.42. The molecule has 0 unspecified atom stereocenters. The molecule has 0 radical (unpaired) electrons. The molecular weight excluding hydrogens is 362 g/mol. The molecule has 1 aromatic heterocycles. The van der Waals surface area contributed by atoms with E-state index in [0.717, 1.165) is 38.8 Å². The van der Waals surface area contributed by atoms with Gasteiger partial charge in [-0.1, -0.05) is 0 Å². The Labute approximate surface area is 166 Å². The SMILES string of the molecule is COC(=O)[C@H]1CC[C@H](CNc2nc(N(C)CCN(C)C)ccc2[N+](=O)[O-])CC1. The number of hydrogen-bond donors (Lipinski definition) is 1. The van der Waals surface area contributed by atoms with Crippen LogP contribution in [0, 0.1) is 22.0 Å². The average Bonchev–Trinajstić information content (AvgIpc) is 2.69. The van der Waals surface area contributed by atoms with E-state index in [2.05, 4.69) is 15.2 Å². The number of ether oxygens (including phenoxy) is 1. The van der Waals surface area contributed by atoms with Crippen molar-refractivity contribution in [1.82, 2.24) is 9.88 Å². The molecule has 1 fully saturated rings. The maximum Gasteiger partial charge on any atom is 0.311 e. The molecule has 0 amide bonds. The van der Waals surface area contributed by atoms with Crippen LogP contribution in [0.5, 0.6) is 0 Å². The lowest BCUT2D eigenvalue weighted by atomic mass is 9.82. The van der Waals surface area contributed by atoms with Crippen molar-refractivity contribution in [3.8, 4) is 0 Å². The normalized spacial score (nSPS) is 19.3. The van der Waals surface area contributed by atoms with Crippen LogP contribution in [0.3, 0.4) is 0 Å². The van der Waals surface area contributed by atoms with E-state index in [0.29, 0.717) is 24.1 Å². The van der Waals surface area contributed by atoms with Gasteiger partial charge in [-0.15, -0.1) is 0 Å². The van der Waals surface area contributed by atoms with Gasteiger partial charge >= 0.3 is 11.7 Å². The number of likely N-dealkylation sites (N-methyl/N-ethyl adjacent to an activating group) is 2. The molecule has 0 bridgehead atoms. The van der Waals surface area contributed by atoms with Gasteiger partial charge in [0, 0.05) is 32.7 Å². The van der Waals surface area contributed by atoms with Crippen LogP contribution >= 0.6 is 0 Å². The van der Waals surface area contributed by atoms with Crippen LogP contribution in [0.4, 0.5) is 17.3 Å². The number of nitro groups is 1. The number of hydrogen-bond acceptors (Lipinski definition) is 8. The van der Waals surface area contributed by atoms with E-state index in [-0.39, 0.29) is 17.6 Å². The number of esters is 1. The third-order valence-electron chi connectivity index (χ3n) is 5.27. The van der Waals surface area contributed by atoms with E-state index < -0.39 is 4.92 Å². The summed E-state index contributed by atoms with van der Waals surface area (Å²) in [6.07, 6.45) is 3.37. The van der Waals surface area contributed by atoms with Crippen molar-refractivity contribution in [1.29, 1.82) is 0 Å². The first kappa shape index (κ1) is 21.9. The Morgan fingerprint density at radius 2 is 1.93 bits per heavy atom. The van der Waals surface area contributed by atoms with Gasteiger partial charge in [-0.2, -0.15) is 0 Å². The van der Waals surface area contributed by atoms with Gasteiger partial charge in [0.25, 0.3) is 0 Å². The first-order valence-corrected chi connectivity index (χ1v) is 9.64. The molecule has 1 N–H and O–H groups in total. The molecule has 0 aromatic carbocycles. The monoisotopic (exact) mass is 393 g/mol. The Morgan fingerprint density at radius 3 is 2.50 bits per heavy atom. The molecule has 28 heavy (non-hydrogen) atoms. The van der Waals surface area contributed by atoms with E-state index in [1.54, 1.807) is 6.07 Å². The van der Waals surface area contributed by atoms with Crippen LogP contribution in [0.2, 0.25) is 0 Å². The second-order valence-corrected chi connectivity index (χ2v) is 7.64. The maximum absolute atomic E-state index is 11.6. The molecule has 0 spiro atoms. The topological polar surface area (TPSA) is 101 Å². The fourth-order valence-electron chi connectivity index (χ4n) is 3.41. The minimum atomic E-state index is -0.410. The lowest BCUT2D eigenvalue weighted by Crippen LogP contribution is -2.29. The molecule has 9 nitrogen and oxygen atoms in total. The number of methoxy groups -OCH3 is 1. The van der Waals surface area contributed by atoms with Crippen LogP contribution in [-0.4, -0.2) is 68.7 Å². The van der Waals surface area contributed by atoms with Crippen molar-refractivity contribution in [3.05, 3.63) is 22.2 Å². The Balaban J connectivity index is 2.00. The van der Waals surface area contributed by atoms with Crippen LogP contribution in [0.15, 0.2) is 12.1 Å². The van der Waals surface area contributed by atoms with E-state index in [1.807, 2.05) is 26.0 Å². The summed E-state index contributed by atoms with van der Waals surface area (Å²) in [6, 6.07) is 3.19. The van der Waals surface area contributed by atoms with Crippen molar-refractivity contribution < 1.29 is 14.5 Å². The van der Waals surface area contributed by atoms with Gasteiger partial charge in [-0.05, 0) is 51.8 Å². The Kier molecular flexibility index (Phi) is 7.98. The van der Waals surface area contributed by atoms with Gasteiger partial charge in [0.1, 0.15) is 5.82 Å². The fourth-order valence-corrected chi connectivity index (χ4v) is 3.41. The van der Waals surface area contributed by atoms with Gasteiger partial charge in [-0.25, -0.2) is 4.98 Å². The van der Waals surface area contributed by atoms with E-state index in [9.17, 15) is 14.9 Å². The molecule has 0 atom stereocenters. The first-order chi connectivity index (χ1) is 13.3. The third kappa shape index (κ3) is 6.05. The number of carbonyl (C=O) groups is 1. The zero-order valence-corrected chi connectivity index (χ0v) is 17.2. The Morgan fingerprint density at radius 1 is 1.25 bits per heavy atom. The van der Waals surface area contributed by atoms with Crippen LogP contribution < -0.4 is 10.2 Å². The number of aromatic nitrogens is 1. The predicted octanol–water partition coefficient (Wildman–Crippen LogP) is 2.38. The molecule has 1 aliphatic carbocycles. The highest BCUT2D eigenvalue weighted by atomic mass is 16.6. The highest BCUT2D eigenvalue weighted by Gasteiger charge is 2.27. The number of rotatable bonds is 9.